The molecule has 0 aromatic heterocycles. The number of esters is 1. The molecule has 2 aromatic carbocycles. The van der Waals surface area contributed by atoms with Crippen LogP contribution in [0.5, 0.6) is 11.5 Å². The van der Waals surface area contributed by atoms with Gasteiger partial charge in [-0.15, -0.1) is 0 Å². The Morgan fingerprint density at radius 1 is 1.18 bits per heavy atom. The number of hydrogen-bond donors (Lipinski definition) is 2. The Labute approximate surface area is 167 Å². The Hall–Kier alpha value is -2.93. The van der Waals surface area contributed by atoms with Gasteiger partial charge >= 0.3 is 12.0 Å². The normalized spacial score (nSPS) is 16.0. The fourth-order valence-corrected chi connectivity index (χ4v) is 3.09. The molecule has 2 atom stereocenters. The number of nitrogens with one attached hydrogen (secondary N) is 2. The van der Waals surface area contributed by atoms with Crippen molar-refractivity contribution in [2.45, 2.75) is 18.6 Å². The van der Waals surface area contributed by atoms with Crippen LogP contribution in [0.1, 0.15) is 18.0 Å². The van der Waals surface area contributed by atoms with Gasteiger partial charge in [0.25, 0.3) is 0 Å². The molecule has 0 radical (unpaired) electrons. The average Bonchev–Trinajstić information content (AvgIpc) is 2.72. The third-order valence-corrected chi connectivity index (χ3v) is 4.59. The van der Waals surface area contributed by atoms with Gasteiger partial charge in [-0.2, -0.15) is 0 Å². The minimum absolute atomic E-state index is 0.0376. The molecule has 2 aromatic rings. The number of rotatable bonds is 6. The van der Waals surface area contributed by atoms with E-state index in [0.29, 0.717) is 28.7 Å². The van der Waals surface area contributed by atoms with E-state index in [9.17, 15) is 9.59 Å². The van der Waals surface area contributed by atoms with Gasteiger partial charge in [0.1, 0.15) is 6.61 Å². The maximum Gasteiger partial charge on any atom is 0.315 e. The number of ether oxygens (including phenoxy) is 3. The van der Waals surface area contributed by atoms with Crippen LogP contribution in [0.25, 0.3) is 0 Å². The smallest absolute Gasteiger partial charge is 0.315 e. The van der Waals surface area contributed by atoms with Crippen LogP contribution in [-0.4, -0.2) is 38.4 Å². The second kappa shape index (κ2) is 9.32. The summed E-state index contributed by atoms with van der Waals surface area (Å²) in [5.41, 5.74) is 0.635. The first kappa shape index (κ1) is 19.8. The Kier molecular flexibility index (Phi) is 6.60. The van der Waals surface area contributed by atoms with Crippen molar-refractivity contribution in [1.82, 2.24) is 10.6 Å². The number of para-hydroxylation sites is 2. The maximum atomic E-state index is 12.4. The number of benzene rings is 2. The molecule has 1 heterocycles. The van der Waals surface area contributed by atoms with Crippen LogP contribution < -0.4 is 20.1 Å². The van der Waals surface area contributed by atoms with Gasteiger partial charge in [-0.05, 0) is 23.8 Å². The van der Waals surface area contributed by atoms with E-state index >= 15 is 0 Å². The van der Waals surface area contributed by atoms with E-state index in [2.05, 4.69) is 10.6 Å². The first-order valence-corrected chi connectivity index (χ1v) is 9.18. The summed E-state index contributed by atoms with van der Waals surface area (Å²) < 4.78 is 16.2. The van der Waals surface area contributed by atoms with E-state index in [1.54, 1.807) is 24.3 Å². The molecule has 28 heavy (non-hydrogen) atoms. The Bertz CT molecular complexity index is 845. The van der Waals surface area contributed by atoms with Gasteiger partial charge in [0.15, 0.2) is 17.6 Å². The Morgan fingerprint density at radius 2 is 1.89 bits per heavy atom. The van der Waals surface area contributed by atoms with E-state index in [1.807, 2.05) is 24.3 Å². The topological polar surface area (TPSA) is 85.9 Å². The molecule has 1 aliphatic heterocycles. The lowest BCUT2D eigenvalue weighted by molar-refractivity contribution is -0.141. The predicted molar refractivity (Wildman–Crippen MR) is 104 cm³/mol. The number of carbonyl (C=O) groups is 2. The number of urea groups is 1. The molecule has 0 fully saturated rings. The SMILES string of the molecule is COC(=O)CC(NC(=O)NCC1COc2ccccc2O1)c1ccccc1Cl. The highest BCUT2D eigenvalue weighted by atomic mass is 35.5. The monoisotopic (exact) mass is 404 g/mol. The molecule has 1 aliphatic rings. The minimum Gasteiger partial charge on any atom is -0.486 e. The van der Waals surface area contributed by atoms with E-state index in [4.69, 9.17) is 25.8 Å². The van der Waals surface area contributed by atoms with Crippen LogP contribution in [0.15, 0.2) is 48.5 Å². The van der Waals surface area contributed by atoms with Crippen LogP contribution in [0.2, 0.25) is 5.02 Å². The fourth-order valence-electron chi connectivity index (χ4n) is 2.83. The van der Waals surface area contributed by atoms with Crippen molar-refractivity contribution in [3.05, 3.63) is 59.1 Å². The third kappa shape index (κ3) is 5.07. The molecule has 0 bridgehead atoms. The zero-order valence-electron chi connectivity index (χ0n) is 15.3. The van der Waals surface area contributed by atoms with E-state index in [0.717, 1.165) is 0 Å². The fraction of sp³-hybridized carbons (Fsp3) is 0.300. The van der Waals surface area contributed by atoms with Crippen LogP contribution in [0.4, 0.5) is 4.79 Å². The summed E-state index contributed by atoms with van der Waals surface area (Å²) in [4.78, 5) is 24.1. The van der Waals surface area contributed by atoms with Crippen molar-refractivity contribution >= 4 is 23.6 Å². The lowest BCUT2D eigenvalue weighted by atomic mass is 10.0. The molecule has 148 valence electrons. The van der Waals surface area contributed by atoms with Crippen molar-refractivity contribution < 1.29 is 23.8 Å². The molecular formula is C20H21ClN2O5. The van der Waals surface area contributed by atoms with Crippen molar-refractivity contribution in [3.63, 3.8) is 0 Å². The zero-order valence-corrected chi connectivity index (χ0v) is 16.1. The maximum absolute atomic E-state index is 12.4. The number of carbonyl (C=O) groups excluding carboxylic acids is 2. The van der Waals surface area contributed by atoms with Crippen molar-refractivity contribution in [1.29, 1.82) is 0 Å². The standard InChI is InChI=1S/C20H21ClN2O5/c1-26-19(24)10-16(14-6-2-3-7-15(14)21)23-20(25)22-11-13-12-27-17-8-4-5-9-18(17)28-13/h2-9,13,16H,10-12H2,1H3,(H2,22,23,25). The summed E-state index contributed by atoms with van der Waals surface area (Å²) in [6.45, 7) is 0.570. The molecule has 0 aliphatic carbocycles. The number of hydrogen-bond acceptors (Lipinski definition) is 5. The molecular weight excluding hydrogens is 384 g/mol. The number of fused-ring (bicyclic) bond motifs is 1. The summed E-state index contributed by atoms with van der Waals surface area (Å²) in [6.07, 6.45) is -0.357. The lowest BCUT2D eigenvalue weighted by Crippen LogP contribution is -2.45. The highest BCUT2D eigenvalue weighted by Crippen LogP contribution is 2.30. The molecule has 8 heteroatoms. The van der Waals surface area contributed by atoms with Gasteiger partial charge in [0, 0.05) is 5.02 Å². The van der Waals surface area contributed by atoms with Crippen molar-refractivity contribution in [2.75, 3.05) is 20.3 Å². The summed E-state index contributed by atoms with van der Waals surface area (Å²) in [5.74, 6) is 0.867. The number of methoxy groups -OCH3 is 1. The highest BCUT2D eigenvalue weighted by Gasteiger charge is 2.24. The Balaban J connectivity index is 1.58. The number of halogens is 1. The van der Waals surface area contributed by atoms with Gasteiger partial charge in [0.05, 0.1) is 26.1 Å². The number of amides is 2. The molecule has 0 saturated heterocycles. The van der Waals surface area contributed by atoms with Gasteiger partial charge in [-0.3, -0.25) is 4.79 Å². The summed E-state index contributed by atoms with van der Waals surface area (Å²) >= 11 is 6.22. The lowest BCUT2D eigenvalue weighted by Gasteiger charge is -2.27. The average molecular weight is 405 g/mol. The van der Waals surface area contributed by atoms with Crippen LogP contribution in [0.3, 0.4) is 0 Å². The molecule has 2 amide bonds. The summed E-state index contributed by atoms with van der Waals surface area (Å²) in [6, 6.07) is 13.3. The largest absolute Gasteiger partial charge is 0.486 e. The van der Waals surface area contributed by atoms with Crippen LogP contribution in [0, 0.1) is 0 Å². The predicted octanol–water partition coefficient (Wildman–Crippen LogP) is 3.08. The molecule has 7 nitrogen and oxygen atoms in total. The van der Waals surface area contributed by atoms with E-state index in [1.165, 1.54) is 7.11 Å². The van der Waals surface area contributed by atoms with E-state index in [-0.39, 0.29) is 19.1 Å². The summed E-state index contributed by atoms with van der Waals surface area (Å²) in [7, 11) is 1.30. The van der Waals surface area contributed by atoms with Crippen molar-refractivity contribution in [3.8, 4) is 11.5 Å². The summed E-state index contributed by atoms with van der Waals surface area (Å²) in [5, 5.41) is 5.97. The minimum atomic E-state index is -0.620. The van der Waals surface area contributed by atoms with Crippen LogP contribution in [-0.2, 0) is 9.53 Å². The second-order valence-corrected chi connectivity index (χ2v) is 6.61. The molecule has 2 unspecified atom stereocenters. The quantitative estimate of drug-likeness (QED) is 0.722. The first-order chi connectivity index (χ1) is 13.6. The second-order valence-electron chi connectivity index (χ2n) is 6.21. The van der Waals surface area contributed by atoms with Gasteiger partial charge in [-0.1, -0.05) is 41.9 Å². The highest BCUT2D eigenvalue weighted by molar-refractivity contribution is 6.31. The molecule has 0 spiro atoms. The van der Waals surface area contributed by atoms with Crippen molar-refractivity contribution in [2.24, 2.45) is 0 Å². The van der Waals surface area contributed by atoms with Gasteiger partial charge in [0.2, 0.25) is 0 Å². The van der Waals surface area contributed by atoms with Crippen LogP contribution >= 0.6 is 11.6 Å². The Morgan fingerprint density at radius 3 is 2.64 bits per heavy atom. The van der Waals surface area contributed by atoms with Gasteiger partial charge < -0.3 is 24.8 Å². The zero-order chi connectivity index (χ0) is 19.9. The molecule has 3 rings (SSSR count). The molecule has 2 N–H and O–H groups in total. The molecule has 0 saturated carbocycles. The first-order valence-electron chi connectivity index (χ1n) is 8.81. The van der Waals surface area contributed by atoms with E-state index < -0.39 is 18.0 Å². The van der Waals surface area contributed by atoms with Gasteiger partial charge in [-0.25, -0.2) is 4.79 Å². The third-order valence-electron chi connectivity index (χ3n) is 4.24.